The normalized spacial score (nSPS) is 10.6. The SMILES string of the molecule is CC(=O)c1c[nH]c(C(=O)Nc2n[nH]c(-c3ccc(C)s3)n2)c1. The van der Waals surface area contributed by atoms with Gasteiger partial charge in [-0.15, -0.1) is 16.4 Å². The van der Waals surface area contributed by atoms with Gasteiger partial charge in [0.05, 0.1) is 4.88 Å². The quantitative estimate of drug-likeness (QED) is 0.644. The molecule has 0 aliphatic rings. The molecule has 0 atom stereocenters. The minimum absolute atomic E-state index is 0.108. The number of carbonyl (C=O) groups is 2. The molecule has 112 valence electrons. The number of aromatic nitrogens is 4. The van der Waals surface area contributed by atoms with Crippen molar-refractivity contribution in [2.45, 2.75) is 13.8 Å². The summed E-state index contributed by atoms with van der Waals surface area (Å²) in [6, 6.07) is 5.42. The maximum absolute atomic E-state index is 12.1. The first-order chi connectivity index (χ1) is 10.5. The lowest BCUT2D eigenvalue weighted by Crippen LogP contribution is -2.13. The molecule has 3 aromatic rings. The zero-order chi connectivity index (χ0) is 15.7. The Morgan fingerprint density at radius 1 is 1.32 bits per heavy atom. The summed E-state index contributed by atoms with van der Waals surface area (Å²) in [6.07, 6.45) is 1.50. The highest BCUT2D eigenvalue weighted by Gasteiger charge is 2.14. The molecule has 8 heteroatoms. The molecular formula is C14H13N5O2S. The van der Waals surface area contributed by atoms with E-state index in [-0.39, 0.29) is 17.4 Å². The fraction of sp³-hybridized carbons (Fsp3) is 0.143. The minimum Gasteiger partial charge on any atom is -0.356 e. The lowest BCUT2D eigenvalue weighted by atomic mass is 10.2. The Morgan fingerprint density at radius 2 is 2.14 bits per heavy atom. The molecule has 1 amide bonds. The molecule has 0 aliphatic carbocycles. The number of H-pyrrole nitrogens is 2. The molecule has 0 saturated carbocycles. The van der Waals surface area contributed by atoms with E-state index in [4.69, 9.17) is 0 Å². The zero-order valence-electron chi connectivity index (χ0n) is 11.9. The number of anilines is 1. The van der Waals surface area contributed by atoms with Crippen molar-refractivity contribution >= 4 is 29.0 Å². The Labute approximate surface area is 129 Å². The summed E-state index contributed by atoms with van der Waals surface area (Å²) in [5, 5.41) is 9.33. The van der Waals surface area contributed by atoms with Crippen molar-refractivity contribution in [3.63, 3.8) is 0 Å². The van der Waals surface area contributed by atoms with Gasteiger partial charge in [0.25, 0.3) is 5.91 Å². The number of thiophene rings is 1. The van der Waals surface area contributed by atoms with Gasteiger partial charge in [0.2, 0.25) is 5.95 Å². The van der Waals surface area contributed by atoms with Crippen LogP contribution in [0.2, 0.25) is 0 Å². The fourth-order valence-electron chi connectivity index (χ4n) is 1.89. The molecule has 0 unspecified atom stereocenters. The Hall–Kier alpha value is -2.74. The van der Waals surface area contributed by atoms with Crippen molar-refractivity contribution in [2.75, 3.05) is 5.32 Å². The number of nitrogens with zero attached hydrogens (tertiary/aromatic N) is 2. The number of nitrogens with one attached hydrogen (secondary N) is 3. The number of ketones is 1. The number of aryl methyl sites for hydroxylation is 1. The summed E-state index contributed by atoms with van der Waals surface area (Å²) in [4.78, 5) is 32.4. The predicted molar refractivity (Wildman–Crippen MR) is 83.2 cm³/mol. The van der Waals surface area contributed by atoms with Crippen LogP contribution in [0.5, 0.6) is 0 Å². The van der Waals surface area contributed by atoms with Crippen LogP contribution in [0.1, 0.15) is 32.6 Å². The molecule has 0 fully saturated rings. The Kier molecular flexibility index (Phi) is 3.60. The summed E-state index contributed by atoms with van der Waals surface area (Å²) >= 11 is 1.59. The Morgan fingerprint density at radius 3 is 2.77 bits per heavy atom. The predicted octanol–water partition coefficient (Wildman–Crippen LogP) is 2.62. The van der Waals surface area contributed by atoms with E-state index in [1.54, 1.807) is 11.3 Å². The number of carbonyl (C=O) groups excluding carboxylic acids is 2. The molecule has 0 saturated heterocycles. The molecule has 3 aromatic heterocycles. The summed E-state index contributed by atoms with van der Waals surface area (Å²) in [7, 11) is 0. The van der Waals surface area contributed by atoms with Crippen molar-refractivity contribution in [3.05, 3.63) is 40.5 Å². The maximum atomic E-state index is 12.1. The van der Waals surface area contributed by atoms with Gasteiger partial charge in [-0.2, -0.15) is 4.98 Å². The van der Waals surface area contributed by atoms with E-state index >= 15 is 0 Å². The molecule has 7 nitrogen and oxygen atoms in total. The van der Waals surface area contributed by atoms with Crippen LogP contribution in [0.4, 0.5) is 5.95 Å². The Bertz CT molecular complexity index is 845. The molecule has 0 aromatic carbocycles. The largest absolute Gasteiger partial charge is 0.356 e. The van der Waals surface area contributed by atoms with Gasteiger partial charge in [0.1, 0.15) is 5.69 Å². The maximum Gasteiger partial charge on any atom is 0.274 e. The van der Waals surface area contributed by atoms with Crippen LogP contribution in [0.3, 0.4) is 0 Å². The highest BCUT2D eigenvalue weighted by atomic mass is 32.1. The highest BCUT2D eigenvalue weighted by molar-refractivity contribution is 7.15. The lowest BCUT2D eigenvalue weighted by Gasteiger charge is -1.96. The van der Waals surface area contributed by atoms with Gasteiger partial charge in [-0.05, 0) is 32.0 Å². The fourth-order valence-corrected chi connectivity index (χ4v) is 2.69. The minimum atomic E-state index is -0.402. The standard InChI is InChI=1S/C14H13N5O2S/c1-7-3-4-11(22-7)12-16-14(19-18-12)17-13(21)10-5-9(6-15-10)8(2)20/h3-6,15H,1-2H3,(H2,16,17,18,19,21). The average molecular weight is 315 g/mol. The molecule has 0 aliphatic heterocycles. The molecule has 0 radical (unpaired) electrons. The summed E-state index contributed by atoms with van der Waals surface area (Å²) in [5.74, 6) is 0.276. The van der Waals surface area contributed by atoms with Crippen LogP contribution in [0, 0.1) is 6.92 Å². The first kappa shape index (κ1) is 14.2. The van der Waals surface area contributed by atoms with E-state index in [1.165, 1.54) is 24.1 Å². The van der Waals surface area contributed by atoms with E-state index in [0.717, 1.165) is 4.88 Å². The van der Waals surface area contributed by atoms with Crippen molar-refractivity contribution < 1.29 is 9.59 Å². The van der Waals surface area contributed by atoms with Crippen LogP contribution in [-0.4, -0.2) is 31.9 Å². The second-order valence-corrected chi connectivity index (χ2v) is 6.02. The van der Waals surface area contributed by atoms with Gasteiger partial charge in [0, 0.05) is 16.6 Å². The third-order valence-electron chi connectivity index (χ3n) is 3.02. The summed E-state index contributed by atoms with van der Waals surface area (Å²) in [5.41, 5.74) is 0.735. The first-order valence-electron chi connectivity index (χ1n) is 6.53. The second kappa shape index (κ2) is 5.57. The monoisotopic (exact) mass is 315 g/mol. The molecule has 0 bridgehead atoms. The van der Waals surface area contributed by atoms with Gasteiger partial charge in [-0.25, -0.2) is 0 Å². The van der Waals surface area contributed by atoms with Crippen molar-refractivity contribution in [2.24, 2.45) is 0 Å². The third-order valence-corrected chi connectivity index (χ3v) is 4.03. The number of amides is 1. The molecule has 0 spiro atoms. The number of hydrogen-bond acceptors (Lipinski definition) is 5. The van der Waals surface area contributed by atoms with Crippen LogP contribution in [0.15, 0.2) is 24.4 Å². The van der Waals surface area contributed by atoms with E-state index in [1.807, 2.05) is 19.1 Å². The smallest absolute Gasteiger partial charge is 0.274 e. The van der Waals surface area contributed by atoms with Gasteiger partial charge in [0.15, 0.2) is 11.6 Å². The van der Waals surface area contributed by atoms with Crippen molar-refractivity contribution in [1.82, 2.24) is 20.2 Å². The zero-order valence-corrected chi connectivity index (χ0v) is 12.7. The third kappa shape index (κ3) is 2.82. The van der Waals surface area contributed by atoms with Crippen molar-refractivity contribution in [3.8, 4) is 10.7 Å². The molecular weight excluding hydrogens is 302 g/mol. The van der Waals surface area contributed by atoms with Gasteiger partial charge in [-0.3, -0.25) is 20.0 Å². The highest BCUT2D eigenvalue weighted by Crippen LogP contribution is 2.25. The van der Waals surface area contributed by atoms with E-state index in [2.05, 4.69) is 25.5 Å². The lowest BCUT2D eigenvalue weighted by molar-refractivity contribution is 0.101. The summed E-state index contributed by atoms with van der Waals surface area (Å²) in [6.45, 7) is 3.44. The number of rotatable bonds is 4. The number of hydrogen-bond donors (Lipinski definition) is 3. The average Bonchev–Trinajstić information content (AvgIpc) is 3.17. The molecule has 22 heavy (non-hydrogen) atoms. The first-order valence-corrected chi connectivity index (χ1v) is 7.34. The van der Waals surface area contributed by atoms with E-state index < -0.39 is 5.91 Å². The van der Waals surface area contributed by atoms with Crippen LogP contribution < -0.4 is 5.32 Å². The second-order valence-electron chi connectivity index (χ2n) is 4.73. The van der Waals surface area contributed by atoms with Gasteiger partial charge in [-0.1, -0.05) is 0 Å². The van der Waals surface area contributed by atoms with E-state index in [0.29, 0.717) is 11.4 Å². The van der Waals surface area contributed by atoms with Gasteiger partial charge >= 0.3 is 0 Å². The molecule has 3 rings (SSSR count). The topological polar surface area (TPSA) is 104 Å². The molecule has 3 N–H and O–H groups in total. The van der Waals surface area contributed by atoms with E-state index in [9.17, 15) is 9.59 Å². The van der Waals surface area contributed by atoms with Crippen LogP contribution >= 0.6 is 11.3 Å². The molecule has 3 heterocycles. The van der Waals surface area contributed by atoms with Crippen LogP contribution in [-0.2, 0) is 0 Å². The number of Topliss-reactive ketones (excluding diaryl/α,β-unsaturated/α-hetero) is 1. The number of aromatic amines is 2. The Balaban J connectivity index is 1.74. The summed E-state index contributed by atoms with van der Waals surface area (Å²) < 4.78 is 0. The van der Waals surface area contributed by atoms with Crippen LogP contribution in [0.25, 0.3) is 10.7 Å². The van der Waals surface area contributed by atoms with Gasteiger partial charge < -0.3 is 4.98 Å². The van der Waals surface area contributed by atoms with Crippen molar-refractivity contribution in [1.29, 1.82) is 0 Å².